The number of hydrogen-bond donors (Lipinski definition) is 0. The molecule has 3 fully saturated rings. The van der Waals surface area contributed by atoms with Crippen LogP contribution in [0.2, 0.25) is 0 Å². The van der Waals surface area contributed by atoms with Crippen molar-refractivity contribution in [2.24, 2.45) is 5.41 Å². The number of halogens is 1. The maximum absolute atomic E-state index is 14.1. The van der Waals surface area contributed by atoms with Gasteiger partial charge < -0.3 is 14.5 Å². The Labute approximate surface area is 220 Å². The first-order valence-corrected chi connectivity index (χ1v) is 14.0. The van der Waals surface area contributed by atoms with Crippen molar-refractivity contribution in [1.82, 2.24) is 9.80 Å². The SMILES string of the molecule is O=C(CC1(COc2ccccc2)CCN(C(=O)C2(c3cccc(F)c3)CCCC2)CC1)N1CCCCC1. The third kappa shape index (κ3) is 5.68. The monoisotopic (exact) mass is 506 g/mol. The highest BCUT2D eigenvalue weighted by Gasteiger charge is 2.47. The van der Waals surface area contributed by atoms with Gasteiger partial charge in [-0.3, -0.25) is 9.59 Å². The van der Waals surface area contributed by atoms with Gasteiger partial charge in [0.2, 0.25) is 11.8 Å². The van der Waals surface area contributed by atoms with Gasteiger partial charge in [0.05, 0.1) is 12.0 Å². The van der Waals surface area contributed by atoms with Gasteiger partial charge in [-0.05, 0) is 74.8 Å². The van der Waals surface area contributed by atoms with E-state index in [1.165, 1.54) is 12.5 Å². The quantitative estimate of drug-likeness (QED) is 0.482. The van der Waals surface area contributed by atoms with Gasteiger partial charge in [-0.2, -0.15) is 0 Å². The molecule has 5 nitrogen and oxygen atoms in total. The van der Waals surface area contributed by atoms with E-state index < -0.39 is 5.41 Å². The number of amides is 2. The zero-order valence-corrected chi connectivity index (χ0v) is 21.8. The summed E-state index contributed by atoms with van der Waals surface area (Å²) in [5.74, 6) is 0.851. The van der Waals surface area contributed by atoms with Crippen LogP contribution in [0.25, 0.3) is 0 Å². The predicted molar refractivity (Wildman–Crippen MR) is 142 cm³/mol. The van der Waals surface area contributed by atoms with E-state index in [9.17, 15) is 14.0 Å². The summed E-state index contributed by atoms with van der Waals surface area (Å²) in [6, 6.07) is 16.4. The lowest BCUT2D eigenvalue weighted by atomic mass is 9.73. The minimum absolute atomic E-state index is 0.121. The van der Waals surface area contributed by atoms with Crippen LogP contribution in [0.5, 0.6) is 5.75 Å². The molecule has 2 saturated heterocycles. The highest BCUT2D eigenvalue weighted by molar-refractivity contribution is 5.89. The lowest BCUT2D eigenvalue weighted by Gasteiger charge is -2.44. The number of likely N-dealkylation sites (tertiary alicyclic amines) is 2. The molecule has 3 aliphatic rings. The molecule has 2 amide bonds. The molecule has 37 heavy (non-hydrogen) atoms. The molecule has 0 radical (unpaired) electrons. The third-order valence-electron chi connectivity index (χ3n) is 8.88. The van der Waals surface area contributed by atoms with Crippen LogP contribution in [-0.4, -0.2) is 54.4 Å². The molecule has 198 valence electrons. The van der Waals surface area contributed by atoms with Crippen LogP contribution in [-0.2, 0) is 15.0 Å². The largest absolute Gasteiger partial charge is 0.493 e. The highest BCUT2D eigenvalue weighted by atomic mass is 19.1. The van der Waals surface area contributed by atoms with Crippen molar-refractivity contribution >= 4 is 11.8 Å². The smallest absolute Gasteiger partial charge is 0.233 e. The summed E-state index contributed by atoms with van der Waals surface area (Å²) >= 11 is 0. The van der Waals surface area contributed by atoms with Gasteiger partial charge in [-0.25, -0.2) is 4.39 Å². The molecule has 2 aromatic rings. The lowest BCUT2D eigenvalue weighted by Crippen LogP contribution is -2.52. The van der Waals surface area contributed by atoms with Crippen molar-refractivity contribution in [2.45, 2.75) is 69.6 Å². The maximum Gasteiger partial charge on any atom is 0.233 e. The standard InChI is InChI=1S/C31H39FN2O3/c32-26-11-9-10-25(22-26)31(14-5-6-15-31)29(36)34-20-16-30(17-21-34,24-37-27-12-3-1-4-13-27)23-28(35)33-18-7-2-8-19-33/h1,3-4,9-13,22H,2,5-8,14-21,23-24H2. The number of para-hydroxylation sites is 1. The average molecular weight is 507 g/mol. The summed E-state index contributed by atoms with van der Waals surface area (Å²) in [7, 11) is 0. The van der Waals surface area contributed by atoms with Crippen LogP contribution in [0, 0.1) is 11.2 Å². The Morgan fingerprint density at radius 3 is 2.16 bits per heavy atom. The van der Waals surface area contributed by atoms with E-state index in [1.807, 2.05) is 46.2 Å². The van der Waals surface area contributed by atoms with Gasteiger partial charge in [0.1, 0.15) is 11.6 Å². The van der Waals surface area contributed by atoms with Crippen molar-refractivity contribution in [3.63, 3.8) is 0 Å². The zero-order chi connectivity index (χ0) is 25.7. The summed E-state index contributed by atoms with van der Waals surface area (Å²) in [6.07, 6.45) is 8.74. The number of benzene rings is 2. The van der Waals surface area contributed by atoms with Crippen LogP contribution in [0.3, 0.4) is 0 Å². The molecule has 0 bridgehead atoms. The van der Waals surface area contributed by atoms with E-state index in [-0.39, 0.29) is 23.0 Å². The molecule has 0 N–H and O–H groups in total. The molecule has 0 spiro atoms. The Balaban J connectivity index is 1.31. The molecule has 2 aliphatic heterocycles. The van der Waals surface area contributed by atoms with Gasteiger partial charge in [0, 0.05) is 38.0 Å². The van der Waals surface area contributed by atoms with E-state index in [4.69, 9.17) is 4.74 Å². The minimum Gasteiger partial charge on any atom is -0.493 e. The Morgan fingerprint density at radius 1 is 0.784 bits per heavy atom. The van der Waals surface area contributed by atoms with Crippen LogP contribution in [0.15, 0.2) is 54.6 Å². The van der Waals surface area contributed by atoms with Gasteiger partial charge >= 0.3 is 0 Å². The fraction of sp³-hybridized carbons (Fsp3) is 0.548. The van der Waals surface area contributed by atoms with Crippen LogP contribution in [0.4, 0.5) is 4.39 Å². The Hall–Kier alpha value is -2.89. The van der Waals surface area contributed by atoms with E-state index >= 15 is 0 Å². The second-order valence-corrected chi connectivity index (χ2v) is 11.3. The second kappa shape index (κ2) is 11.2. The first kappa shape index (κ1) is 25.7. The van der Waals surface area contributed by atoms with E-state index in [2.05, 4.69) is 0 Å². The fourth-order valence-electron chi connectivity index (χ4n) is 6.58. The number of carbonyl (C=O) groups is 2. The van der Waals surface area contributed by atoms with Crippen molar-refractivity contribution in [3.05, 3.63) is 66.0 Å². The second-order valence-electron chi connectivity index (χ2n) is 11.3. The molecule has 0 atom stereocenters. The summed E-state index contributed by atoms with van der Waals surface area (Å²) < 4.78 is 20.3. The molecule has 1 aliphatic carbocycles. The number of nitrogens with zero attached hydrogens (tertiary/aromatic N) is 2. The normalized spacial score (nSPS) is 21.0. The lowest BCUT2D eigenvalue weighted by molar-refractivity contribution is -0.142. The molecule has 6 heteroatoms. The number of carbonyl (C=O) groups excluding carboxylic acids is 2. The van der Waals surface area contributed by atoms with Crippen molar-refractivity contribution < 1.29 is 18.7 Å². The van der Waals surface area contributed by atoms with Crippen LogP contribution < -0.4 is 4.74 Å². The molecule has 1 saturated carbocycles. The van der Waals surface area contributed by atoms with Gasteiger partial charge in [0.25, 0.3) is 0 Å². The van der Waals surface area contributed by atoms with Gasteiger partial charge in [0.15, 0.2) is 0 Å². The first-order valence-electron chi connectivity index (χ1n) is 14.0. The van der Waals surface area contributed by atoms with Crippen LogP contribution in [0.1, 0.15) is 69.8 Å². The number of ether oxygens (including phenoxy) is 1. The summed E-state index contributed by atoms with van der Waals surface area (Å²) in [4.78, 5) is 31.3. The molecule has 0 unspecified atom stereocenters. The van der Waals surface area contributed by atoms with E-state index in [0.29, 0.717) is 26.1 Å². The maximum atomic E-state index is 14.1. The number of hydrogen-bond acceptors (Lipinski definition) is 3. The zero-order valence-electron chi connectivity index (χ0n) is 21.8. The third-order valence-corrected chi connectivity index (χ3v) is 8.88. The highest BCUT2D eigenvalue weighted by Crippen LogP contribution is 2.45. The molecule has 2 heterocycles. The van der Waals surface area contributed by atoms with Gasteiger partial charge in [-0.1, -0.05) is 43.2 Å². The Kier molecular flexibility index (Phi) is 7.82. The first-order chi connectivity index (χ1) is 18.0. The van der Waals surface area contributed by atoms with E-state index in [1.54, 1.807) is 12.1 Å². The fourth-order valence-corrected chi connectivity index (χ4v) is 6.58. The molecular formula is C31H39FN2O3. The van der Waals surface area contributed by atoms with Gasteiger partial charge in [-0.15, -0.1) is 0 Å². The number of rotatable bonds is 7. The van der Waals surface area contributed by atoms with E-state index in [0.717, 1.165) is 75.8 Å². The van der Waals surface area contributed by atoms with Crippen molar-refractivity contribution in [2.75, 3.05) is 32.8 Å². The Bertz CT molecular complexity index is 1070. The van der Waals surface area contributed by atoms with Crippen molar-refractivity contribution in [1.29, 1.82) is 0 Å². The molecule has 5 rings (SSSR count). The average Bonchev–Trinajstić information content (AvgIpc) is 3.45. The predicted octanol–water partition coefficient (Wildman–Crippen LogP) is 5.73. The minimum atomic E-state index is -0.633. The molecule has 2 aromatic carbocycles. The summed E-state index contributed by atoms with van der Waals surface area (Å²) in [5.41, 5.74) is -0.130. The molecule has 0 aromatic heterocycles. The number of piperidine rings is 2. The van der Waals surface area contributed by atoms with Crippen molar-refractivity contribution in [3.8, 4) is 5.75 Å². The van der Waals surface area contributed by atoms with Crippen LogP contribution >= 0.6 is 0 Å². The topological polar surface area (TPSA) is 49.9 Å². The summed E-state index contributed by atoms with van der Waals surface area (Å²) in [6.45, 7) is 3.35. The molecular weight excluding hydrogens is 467 g/mol. The summed E-state index contributed by atoms with van der Waals surface area (Å²) in [5, 5.41) is 0. The Morgan fingerprint density at radius 2 is 1.49 bits per heavy atom.